The number of rotatable bonds is 5. The van der Waals surface area contributed by atoms with Crippen molar-refractivity contribution in [1.29, 1.82) is 0 Å². The zero-order chi connectivity index (χ0) is 14.1. The van der Waals surface area contributed by atoms with Gasteiger partial charge in [-0.1, -0.05) is 51.1 Å². The first kappa shape index (κ1) is 14.8. The average molecular weight is 276 g/mol. The van der Waals surface area contributed by atoms with Crippen molar-refractivity contribution in [3.05, 3.63) is 35.9 Å². The van der Waals surface area contributed by atoms with E-state index in [1.807, 2.05) is 0 Å². The maximum Gasteiger partial charge on any atom is 0.192 e. The summed E-state index contributed by atoms with van der Waals surface area (Å²) < 4.78 is 6.45. The fourth-order valence-corrected chi connectivity index (χ4v) is 3.62. The summed E-state index contributed by atoms with van der Waals surface area (Å²) in [5, 5.41) is 0.333. The van der Waals surface area contributed by atoms with Crippen molar-refractivity contribution in [3.8, 4) is 0 Å². The lowest BCUT2D eigenvalue weighted by molar-refractivity contribution is 0.254. The van der Waals surface area contributed by atoms with E-state index in [1.165, 1.54) is 24.8 Å². The number of aryl methyl sites for hydroxylation is 1. The molecule has 0 amide bonds. The Labute approximate surface area is 119 Å². The van der Waals surface area contributed by atoms with Crippen LogP contribution < -0.4 is 0 Å². The SMILES string of the molecule is CC(C)(C)[Si](C)(C)OC1CC1CCc1ccccc1. The highest BCUT2D eigenvalue weighted by atomic mass is 28.4. The van der Waals surface area contributed by atoms with Crippen molar-refractivity contribution in [1.82, 2.24) is 0 Å². The van der Waals surface area contributed by atoms with Crippen molar-refractivity contribution in [3.63, 3.8) is 0 Å². The topological polar surface area (TPSA) is 9.23 Å². The molecule has 0 spiro atoms. The lowest BCUT2D eigenvalue weighted by Crippen LogP contribution is -2.41. The maximum atomic E-state index is 6.45. The minimum Gasteiger partial charge on any atom is -0.414 e. The van der Waals surface area contributed by atoms with Crippen molar-refractivity contribution >= 4 is 8.32 Å². The summed E-state index contributed by atoms with van der Waals surface area (Å²) in [5.41, 5.74) is 1.46. The molecule has 19 heavy (non-hydrogen) atoms. The zero-order valence-corrected chi connectivity index (χ0v) is 14.1. The van der Waals surface area contributed by atoms with E-state index < -0.39 is 8.32 Å². The van der Waals surface area contributed by atoms with E-state index >= 15 is 0 Å². The molecule has 1 fully saturated rings. The van der Waals surface area contributed by atoms with Gasteiger partial charge in [0.1, 0.15) is 0 Å². The van der Waals surface area contributed by atoms with Crippen LogP contribution in [0.15, 0.2) is 30.3 Å². The Kier molecular flexibility index (Phi) is 4.22. The third kappa shape index (κ3) is 3.93. The van der Waals surface area contributed by atoms with Gasteiger partial charge in [0.25, 0.3) is 0 Å². The molecule has 2 heteroatoms. The molecule has 0 radical (unpaired) electrons. The third-order valence-electron chi connectivity index (χ3n) is 4.76. The first-order valence-corrected chi connectivity index (χ1v) is 10.4. The molecule has 1 aromatic rings. The van der Waals surface area contributed by atoms with Crippen LogP contribution in [-0.4, -0.2) is 14.4 Å². The smallest absolute Gasteiger partial charge is 0.192 e. The van der Waals surface area contributed by atoms with Gasteiger partial charge in [-0.3, -0.25) is 0 Å². The van der Waals surface area contributed by atoms with Gasteiger partial charge in [-0.05, 0) is 48.9 Å². The molecule has 1 nitrogen and oxygen atoms in total. The van der Waals surface area contributed by atoms with Crippen LogP contribution in [0.1, 0.15) is 39.2 Å². The predicted molar refractivity (Wildman–Crippen MR) is 84.9 cm³/mol. The molecule has 2 rings (SSSR count). The summed E-state index contributed by atoms with van der Waals surface area (Å²) in [7, 11) is -1.56. The molecule has 106 valence electrons. The second-order valence-electron chi connectivity index (χ2n) is 7.44. The van der Waals surface area contributed by atoms with Crippen molar-refractivity contribution in [2.75, 3.05) is 0 Å². The first-order valence-electron chi connectivity index (χ1n) is 7.51. The second-order valence-corrected chi connectivity index (χ2v) is 12.2. The van der Waals surface area contributed by atoms with E-state index in [4.69, 9.17) is 4.43 Å². The highest BCUT2D eigenvalue weighted by molar-refractivity contribution is 6.74. The van der Waals surface area contributed by atoms with Crippen molar-refractivity contribution in [2.24, 2.45) is 5.92 Å². The Morgan fingerprint density at radius 1 is 1.16 bits per heavy atom. The van der Waals surface area contributed by atoms with Gasteiger partial charge in [-0.15, -0.1) is 0 Å². The van der Waals surface area contributed by atoms with Crippen LogP contribution in [0.25, 0.3) is 0 Å². The van der Waals surface area contributed by atoms with Gasteiger partial charge < -0.3 is 4.43 Å². The summed E-state index contributed by atoms with van der Waals surface area (Å²) in [6.07, 6.45) is 4.30. The molecular weight excluding hydrogens is 248 g/mol. The Hall–Kier alpha value is -0.603. The number of benzene rings is 1. The van der Waals surface area contributed by atoms with E-state index in [9.17, 15) is 0 Å². The highest BCUT2D eigenvalue weighted by Crippen LogP contribution is 2.45. The van der Waals surface area contributed by atoms with Gasteiger partial charge in [0.15, 0.2) is 8.32 Å². The summed E-state index contributed by atoms with van der Waals surface area (Å²) in [5.74, 6) is 0.800. The van der Waals surface area contributed by atoms with Gasteiger partial charge in [0.2, 0.25) is 0 Å². The number of hydrogen-bond donors (Lipinski definition) is 0. The summed E-state index contributed by atoms with van der Waals surface area (Å²) in [6.45, 7) is 11.7. The normalized spacial score (nSPS) is 23.4. The highest BCUT2D eigenvalue weighted by Gasteiger charge is 2.46. The lowest BCUT2D eigenvalue weighted by Gasteiger charge is -2.36. The minimum absolute atomic E-state index is 0.333. The Bertz CT molecular complexity index is 405. The Balaban J connectivity index is 1.76. The van der Waals surface area contributed by atoms with Crippen LogP contribution in [0.5, 0.6) is 0 Å². The molecule has 2 atom stereocenters. The summed E-state index contributed by atoms with van der Waals surface area (Å²) >= 11 is 0. The van der Waals surface area contributed by atoms with Gasteiger partial charge in [0.05, 0.1) is 0 Å². The molecule has 0 N–H and O–H groups in total. The minimum atomic E-state index is -1.56. The van der Waals surface area contributed by atoms with Crippen LogP contribution >= 0.6 is 0 Å². The maximum absolute atomic E-state index is 6.45. The molecule has 0 bridgehead atoms. The fourth-order valence-electron chi connectivity index (χ4n) is 2.22. The van der Waals surface area contributed by atoms with E-state index in [1.54, 1.807) is 0 Å². The van der Waals surface area contributed by atoms with Crippen LogP contribution in [0, 0.1) is 5.92 Å². The Morgan fingerprint density at radius 3 is 2.37 bits per heavy atom. The van der Waals surface area contributed by atoms with E-state index in [2.05, 4.69) is 64.2 Å². The quantitative estimate of drug-likeness (QED) is 0.685. The molecule has 0 heterocycles. The number of hydrogen-bond acceptors (Lipinski definition) is 1. The molecule has 1 aromatic carbocycles. The van der Waals surface area contributed by atoms with Gasteiger partial charge in [-0.2, -0.15) is 0 Å². The molecular formula is C17H28OSi. The van der Waals surface area contributed by atoms with E-state index in [0.717, 1.165) is 5.92 Å². The van der Waals surface area contributed by atoms with Crippen molar-refractivity contribution in [2.45, 2.75) is 64.3 Å². The molecule has 1 aliphatic rings. The van der Waals surface area contributed by atoms with Crippen LogP contribution in [-0.2, 0) is 10.8 Å². The molecule has 2 unspecified atom stereocenters. The molecule has 0 saturated heterocycles. The van der Waals surface area contributed by atoms with Crippen LogP contribution in [0.4, 0.5) is 0 Å². The summed E-state index contributed by atoms with van der Waals surface area (Å²) in [4.78, 5) is 0. The second kappa shape index (κ2) is 5.41. The lowest BCUT2D eigenvalue weighted by atomic mass is 10.1. The van der Waals surface area contributed by atoms with E-state index in [-0.39, 0.29) is 0 Å². The molecule has 0 aromatic heterocycles. The zero-order valence-electron chi connectivity index (χ0n) is 13.1. The molecule has 1 saturated carbocycles. The first-order chi connectivity index (χ1) is 8.79. The standard InChI is InChI=1S/C17H28OSi/c1-17(2,3)19(4,5)18-16-13-15(16)12-11-14-9-7-6-8-10-14/h6-10,15-16H,11-13H2,1-5H3. The predicted octanol–water partition coefficient (Wildman–Crippen LogP) is 5.03. The average Bonchev–Trinajstić information content (AvgIpc) is 3.04. The van der Waals surface area contributed by atoms with Gasteiger partial charge in [-0.25, -0.2) is 0 Å². The summed E-state index contributed by atoms with van der Waals surface area (Å²) in [6, 6.07) is 10.8. The fraction of sp³-hybridized carbons (Fsp3) is 0.647. The largest absolute Gasteiger partial charge is 0.414 e. The Morgan fingerprint density at radius 2 is 1.79 bits per heavy atom. The third-order valence-corrected chi connectivity index (χ3v) is 9.26. The molecule has 0 aliphatic heterocycles. The van der Waals surface area contributed by atoms with Crippen molar-refractivity contribution < 1.29 is 4.43 Å². The monoisotopic (exact) mass is 276 g/mol. The van der Waals surface area contributed by atoms with Crippen LogP contribution in [0.2, 0.25) is 18.1 Å². The van der Waals surface area contributed by atoms with Crippen LogP contribution in [0.3, 0.4) is 0 Å². The van der Waals surface area contributed by atoms with E-state index in [0.29, 0.717) is 11.1 Å². The molecule has 1 aliphatic carbocycles. The van der Waals surface area contributed by atoms with Gasteiger partial charge in [0, 0.05) is 6.10 Å². The van der Waals surface area contributed by atoms with Gasteiger partial charge >= 0.3 is 0 Å².